The van der Waals surface area contributed by atoms with Gasteiger partial charge in [-0.15, -0.1) is 0 Å². The molecule has 1 fully saturated rings. The minimum Gasteiger partial charge on any atom is -0.372 e. The standard InChI is InChI=1S/C24H27N3O/c1-17-6-5-7-19(14-17)16-27-18(2)22(24(25)28)15-23(27)20-8-10-21(11-9-20)26-12-3-4-13-26/h5-11,14-15H,3-4,12-13,16H2,1-2H3,(H2,25,28). The van der Waals surface area contributed by atoms with Gasteiger partial charge in [-0.3, -0.25) is 4.79 Å². The van der Waals surface area contributed by atoms with Gasteiger partial charge in [0.1, 0.15) is 0 Å². The summed E-state index contributed by atoms with van der Waals surface area (Å²) in [6.45, 7) is 7.04. The number of amides is 1. The normalized spacial score (nSPS) is 13.9. The molecule has 4 nitrogen and oxygen atoms in total. The lowest BCUT2D eigenvalue weighted by Gasteiger charge is -2.18. The van der Waals surface area contributed by atoms with Gasteiger partial charge in [-0.25, -0.2) is 0 Å². The van der Waals surface area contributed by atoms with Crippen molar-refractivity contribution < 1.29 is 4.79 Å². The lowest BCUT2D eigenvalue weighted by molar-refractivity contribution is 0.0999. The minimum atomic E-state index is -0.379. The predicted molar refractivity (Wildman–Crippen MR) is 115 cm³/mol. The van der Waals surface area contributed by atoms with Crippen LogP contribution in [0, 0.1) is 13.8 Å². The zero-order valence-corrected chi connectivity index (χ0v) is 16.6. The largest absolute Gasteiger partial charge is 0.372 e. The first-order chi connectivity index (χ1) is 13.5. The molecule has 1 saturated heterocycles. The first-order valence-corrected chi connectivity index (χ1v) is 9.94. The van der Waals surface area contributed by atoms with E-state index in [1.165, 1.54) is 29.7 Å². The Hall–Kier alpha value is -3.01. The van der Waals surface area contributed by atoms with Gasteiger partial charge in [0.05, 0.1) is 5.56 Å². The molecule has 0 spiro atoms. The molecule has 0 unspecified atom stereocenters. The maximum atomic E-state index is 12.0. The average molecular weight is 374 g/mol. The molecule has 2 N–H and O–H groups in total. The van der Waals surface area contributed by atoms with Crippen molar-refractivity contribution in [1.82, 2.24) is 4.57 Å². The Labute approximate surface area is 166 Å². The van der Waals surface area contributed by atoms with E-state index in [0.717, 1.165) is 30.0 Å². The van der Waals surface area contributed by atoms with Crippen molar-refractivity contribution in [3.8, 4) is 11.3 Å². The quantitative estimate of drug-likeness (QED) is 0.715. The number of nitrogens with zero attached hydrogens (tertiary/aromatic N) is 2. The fourth-order valence-corrected chi connectivity index (χ4v) is 4.15. The zero-order chi connectivity index (χ0) is 19.7. The van der Waals surface area contributed by atoms with E-state index in [1.807, 2.05) is 13.0 Å². The van der Waals surface area contributed by atoms with Crippen LogP contribution in [-0.4, -0.2) is 23.6 Å². The third-order valence-corrected chi connectivity index (χ3v) is 5.69. The van der Waals surface area contributed by atoms with Gasteiger partial charge in [0.2, 0.25) is 0 Å². The molecule has 4 heteroatoms. The van der Waals surface area contributed by atoms with Gasteiger partial charge < -0.3 is 15.2 Å². The number of nitrogens with two attached hydrogens (primary N) is 1. The summed E-state index contributed by atoms with van der Waals surface area (Å²) >= 11 is 0. The average Bonchev–Trinajstić information content (AvgIpc) is 3.31. The molecule has 3 aromatic rings. The smallest absolute Gasteiger partial charge is 0.250 e. The highest BCUT2D eigenvalue weighted by Crippen LogP contribution is 2.29. The number of primary amides is 1. The summed E-state index contributed by atoms with van der Waals surface area (Å²) in [5, 5.41) is 0. The van der Waals surface area contributed by atoms with E-state index in [2.05, 4.69) is 64.9 Å². The number of hydrogen-bond donors (Lipinski definition) is 1. The molecular weight excluding hydrogens is 346 g/mol. The molecule has 0 saturated carbocycles. The molecule has 1 aromatic heterocycles. The Morgan fingerprint density at radius 2 is 1.71 bits per heavy atom. The second-order valence-electron chi connectivity index (χ2n) is 7.71. The van der Waals surface area contributed by atoms with Gasteiger partial charge in [-0.1, -0.05) is 42.0 Å². The number of benzene rings is 2. The molecule has 0 atom stereocenters. The summed E-state index contributed by atoms with van der Waals surface area (Å²) in [5.41, 5.74) is 13.0. The maximum Gasteiger partial charge on any atom is 0.250 e. The number of carbonyl (C=O) groups is 1. The van der Waals surface area contributed by atoms with Crippen LogP contribution in [0.4, 0.5) is 5.69 Å². The SMILES string of the molecule is Cc1cccc(Cn2c(-c3ccc(N4CCCC4)cc3)cc(C(N)=O)c2C)c1. The van der Waals surface area contributed by atoms with Crippen molar-refractivity contribution in [3.05, 3.63) is 77.0 Å². The number of carbonyl (C=O) groups excluding carboxylic acids is 1. The molecule has 28 heavy (non-hydrogen) atoms. The molecule has 2 heterocycles. The van der Waals surface area contributed by atoms with Crippen molar-refractivity contribution >= 4 is 11.6 Å². The first-order valence-electron chi connectivity index (χ1n) is 9.94. The van der Waals surface area contributed by atoms with Crippen LogP contribution < -0.4 is 10.6 Å². The lowest BCUT2D eigenvalue weighted by atomic mass is 10.1. The minimum absolute atomic E-state index is 0.379. The Bertz CT molecular complexity index is 995. The Balaban J connectivity index is 1.73. The summed E-state index contributed by atoms with van der Waals surface area (Å²) in [4.78, 5) is 14.4. The number of rotatable bonds is 5. The maximum absolute atomic E-state index is 12.0. The van der Waals surface area contributed by atoms with E-state index in [0.29, 0.717) is 12.1 Å². The Morgan fingerprint density at radius 3 is 2.36 bits per heavy atom. The van der Waals surface area contributed by atoms with Crippen molar-refractivity contribution in [2.24, 2.45) is 5.73 Å². The number of hydrogen-bond acceptors (Lipinski definition) is 2. The van der Waals surface area contributed by atoms with Crippen LogP contribution in [0.5, 0.6) is 0 Å². The third kappa shape index (κ3) is 3.55. The highest BCUT2D eigenvalue weighted by Gasteiger charge is 2.18. The van der Waals surface area contributed by atoms with Crippen molar-refractivity contribution in [3.63, 3.8) is 0 Å². The van der Waals surface area contributed by atoms with Crippen molar-refractivity contribution in [2.45, 2.75) is 33.2 Å². The molecule has 4 rings (SSSR count). The second kappa shape index (κ2) is 7.55. The van der Waals surface area contributed by atoms with E-state index in [1.54, 1.807) is 0 Å². The highest BCUT2D eigenvalue weighted by molar-refractivity contribution is 5.95. The molecule has 2 aromatic carbocycles. The number of anilines is 1. The number of aromatic nitrogens is 1. The van der Waals surface area contributed by atoms with Crippen LogP contribution in [0.15, 0.2) is 54.6 Å². The fourth-order valence-electron chi connectivity index (χ4n) is 4.15. The van der Waals surface area contributed by atoms with Crippen LogP contribution in [-0.2, 0) is 6.54 Å². The van der Waals surface area contributed by atoms with Gasteiger partial charge in [-0.2, -0.15) is 0 Å². The predicted octanol–water partition coefficient (Wildman–Crippen LogP) is 4.52. The summed E-state index contributed by atoms with van der Waals surface area (Å²) in [5.74, 6) is -0.379. The van der Waals surface area contributed by atoms with E-state index in [4.69, 9.17) is 5.73 Å². The van der Waals surface area contributed by atoms with Crippen LogP contribution in [0.3, 0.4) is 0 Å². The highest BCUT2D eigenvalue weighted by atomic mass is 16.1. The van der Waals surface area contributed by atoms with Crippen LogP contribution in [0.25, 0.3) is 11.3 Å². The van der Waals surface area contributed by atoms with Gasteiger partial charge in [0, 0.05) is 36.7 Å². The van der Waals surface area contributed by atoms with Gasteiger partial charge in [0.25, 0.3) is 5.91 Å². The molecule has 0 bridgehead atoms. The monoisotopic (exact) mass is 373 g/mol. The molecular formula is C24H27N3O. The van der Waals surface area contributed by atoms with E-state index >= 15 is 0 Å². The first kappa shape index (κ1) is 18.4. The van der Waals surface area contributed by atoms with Crippen LogP contribution in [0.2, 0.25) is 0 Å². The second-order valence-corrected chi connectivity index (χ2v) is 7.71. The molecule has 1 amide bonds. The third-order valence-electron chi connectivity index (χ3n) is 5.69. The molecule has 1 aliphatic heterocycles. The topological polar surface area (TPSA) is 51.3 Å². The molecule has 144 valence electrons. The Kier molecular flexibility index (Phi) is 4.95. The van der Waals surface area contributed by atoms with Gasteiger partial charge >= 0.3 is 0 Å². The summed E-state index contributed by atoms with van der Waals surface area (Å²) in [6.07, 6.45) is 2.53. The van der Waals surface area contributed by atoms with Crippen molar-refractivity contribution in [1.29, 1.82) is 0 Å². The van der Waals surface area contributed by atoms with E-state index in [-0.39, 0.29) is 5.91 Å². The summed E-state index contributed by atoms with van der Waals surface area (Å²) < 4.78 is 2.19. The van der Waals surface area contributed by atoms with Crippen molar-refractivity contribution in [2.75, 3.05) is 18.0 Å². The molecule has 0 aliphatic carbocycles. The van der Waals surface area contributed by atoms with Gasteiger partial charge in [-0.05, 0) is 56.0 Å². The molecule has 0 radical (unpaired) electrons. The van der Waals surface area contributed by atoms with E-state index < -0.39 is 0 Å². The summed E-state index contributed by atoms with van der Waals surface area (Å²) in [6, 6.07) is 19.1. The summed E-state index contributed by atoms with van der Waals surface area (Å²) in [7, 11) is 0. The zero-order valence-electron chi connectivity index (χ0n) is 16.6. The molecule has 1 aliphatic rings. The fraction of sp³-hybridized carbons (Fsp3) is 0.292. The van der Waals surface area contributed by atoms with E-state index in [9.17, 15) is 4.79 Å². The lowest BCUT2D eigenvalue weighted by Crippen LogP contribution is -2.17. The number of aryl methyl sites for hydroxylation is 1. The Morgan fingerprint density at radius 1 is 1.00 bits per heavy atom. The van der Waals surface area contributed by atoms with Crippen LogP contribution >= 0.6 is 0 Å². The van der Waals surface area contributed by atoms with Crippen LogP contribution in [0.1, 0.15) is 40.0 Å². The van der Waals surface area contributed by atoms with Gasteiger partial charge in [0.15, 0.2) is 0 Å².